The van der Waals surface area contributed by atoms with Crippen LogP contribution in [0.25, 0.3) is 10.8 Å². The van der Waals surface area contributed by atoms with Crippen LogP contribution in [-0.2, 0) is 16.1 Å². The smallest absolute Gasteiger partial charge is 0.251 e. The van der Waals surface area contributed by atoms with E-state index in [0.717, 1.165) is 22.9 Å². The second-order valence-electron chi connectivity index (χ2n) is 6.98. The van der Waals surface area contributed by atoms with Crippen LogP contribution in [0.4, 0.5) is 14.5 Å². The summed E-state index contributed by atoms with van der Waals surface area (Å²) in [4.78, 5) is 28.4. The molecule has 4 rings (SSSR count). The van der Waals surface area contributed by atoms with Crippen molar-refractivity contribution in [3.63, 3.8) is 0 Å². The number of benzene rings is 3. The Morgan fingerprint density at radius 3 is 2.46 bits per heavy atom. The molecule has 3 aromatic carbocycles. The first-order valence-corrected chi connectivity index (χ1v) is 8.94. The number of anilines is 1. The van der Waals surface area contributed by atoms with E-state index in [2.05, 4.69) is 0 Å². The molecule has 0 unspecified atom stereocenters. The van der Waals surface area contributed by atoms with Gasteiger partial charge in [-0.3, -0.25) is 14.5 Å². The van der Waals surface area contributed by atoms with Gasteiger partial charge in [0.15, 0.2) is 11.6 Å². The first-order chi connectivity index (χ1) is 13.4. The number of fused-ring (bicyclic) bond motifs is 1. The zero-order chi connectivity index (χ0) is 19.8. The van der Waals surface area contributed by atoms with Crippen molar-refractivity contribution in [2.24, 2.45) is 0 Å². The van der Waals surface area contributed by atoms with Crippen molar-refractivity contribution in [1.82, 2.24) is 4.90 Å². The highest BCUT2D eigenvalue weighted by Gasteiger charge is 2.41. The maximum absolute atomic E-state index is 13.4. The van der Waals surface area contributed by atoms with Crippen LogP contribution in [0.15, 0.2) is 60.7 Å². The van der Waals surface area contributed by atoms with Crippen LogP contribution in [0.2, 0.25) is 0 Å². The van der Waals surface area contributed by atoms with Crippen LogP contribution in [0, 0.1) is 11.6 Å². The Labute approximate surface area is 161 Å². The van der Waals surface area contributed by atoms with Gasteiger partial charge in [0.25, 0.3) is 5.91 Å². The molecule has 1 atom stereocenters. The van der Waals surface area contributed by atoms with E-state index < -0.39 is 17.7 Å². The topological polar surface area (TPSA) is 40.6 Å². The van der Waals surface area contributed by atoms with Crippen molar-refractivity contribution in [2.45, 2.75) is 19.0 Å². The molecule has 0 bridgehead atoms. The minimum absolute atomic E-state index is 0.0475. The van der Waals surface area contributed by atoms with E-state index in [1.54, 1.807) is 18.0 Å². The zero-order valence-corrected chi connectivity index (χ0v) is 15.2. The maximum Gasteiger partial charge on any atom is 0.251 e. The highest BCUT2D eigenvalue weighted by atomic mass is 19.2. The van der Waals surface area contributed by atoms with Gasteiger partial charge in [-0.2, -0.15) is 0 Å². The minimum atomic E-state index is -0.933. The molecule has 3 aromatic rings. The third kappa shape index (κ3) is 3.27. The fraction of sp³-hybridized carbons (Fsp3) is 0.182. The summed E-state index contributed by atoms with van der Waals surface area (Å²) in [7, 11) is 1.70. The summed E-state index contributed by atoms with van der Waals surface area (Å²) in [5, 5.41) is 1.97. The Hall–Kier alpha value is -3.12. The third-order valence-corrected chi connectivity index (χ3v) is 5.06. The van der Waals surface area contributed by atoms with Crippen molar-refractivity contribution in [1.29, 1.82) is 0 Å². The lowest BCUT2D eigenvalue weighted by molar-refractivity contribution is -0.122. The third-order valence-electron chi connectivity index (χ3n) is 5.06. The molecule has 1 heterocycles. The van der Waals surface area contributed by atoms with Crippen molar-refractivity contribution >= 4 is 28.3 Å². The Balaban J connectivity index is 1.56. The van der Waals surface area contributed by atoms with E-state index >= 15 is 0 Å². The molecule has 1 fully saturated rings. The average molecular weight is 380 g/mol. The van der Waals surface area contributed by atoms with Crippen molar-refractivity contribution < 1.29 is 18.4 Å². The van der Waals surface area contributed by atoms with Crippen molar-refractivity contribution in [3.8, 4) is 0 Å². The van der Waals surface area contributed by atoms with Crippen LogP contribution < -0.4 is 4.90 Å². The van der Waals surface area contributed by atoms with Crippen LogP contribution in [0.3, 0.4) is 0 Å². The predicted octanol–water partition coefficient (Wildman–Crippen LogP) is 3.88. The van der Waals surface area contributed by atoms with Gasteiger partial charge in [-0.1, -0.05) is 36.4 Å². The standard InChI is InChI=1S/C22H18F2N2O2/c1-25(13-14-6-9-18(23)19(24)10-14)20-12-21(27)26(22(20)28)17-8-7-15-4-2-3-5-16(15)11-17/h2-11,20H,12-13H2,1H3/t20-/m0/s1. The SMILES string of the molecule is CN(Cc1ccc(F)c(F)c1)[C@H]1CC(=O)N(c2ccc3ccccc3c2)C1=O. The van der Waals surface area contributed by atoms with E-state index in [-0.39, 0.29) is 24.8 Å². The second kappa shape index (κ2) is 7.13. The molecule has 0 radical (unpaired) electrons. The van der Waals surface area contributed by atoms with Gasteiger partial charge in [-0.05, 0) is 47.6 Å². The maximum atomic E-state index is 13.4. The van der Waals surface area contributed by atoms with Crippen molar-refractivity contribution in [2.75, 3.05) is 11.9 Å². The number of hydrogen-bond donors (Lipinski definition) is 0. The van der Waals surface area contributed by atoms with E-state index in [1.165, 1.54) is 11.0 Å². The summed E-state index contributed by atoms with van der Waals surface area (Å²) in [5.41, 5.74) is 1.07. The summed E-state index contributed by atoms with van der Waals surface area (Å²) in [6.07, 6.45) is 0.0475. The minimum Gasteiger partial charge on any atom is -0.290 e. The number of imide groups is 1. The Morgan fingerprint density at radius 1 is 0.964 bits per heavy atom. The molecule has 0 spiro atoms. The molecule has 2 amide bonds. The molecule has 0 N–H and O–H groups in total. The molecular weight excluding hydrogens is 362 g/mol. The molecule has 28 heavy (non-hydrogen) atoms. The molecule has 4 nitrogen and oxygen atoms in total. The van der Waals surface area contributed by atoms with Gasteiger partial charge >= 0.3 is 0 Å². The number of amides is 2. The molecule has 142 valence electrons. The largest absolute Gasteiger partial charge is 0.290 e. The monoisotopic (exact) mass is 380 g/mol. The van der Waals surface area contributed by atoms with Gasteiger partial charge in [-0.15, -0.1) is 0 Å². The van der Waals surface area contributed by atoms with Gasteiger partial charge in [0.1, 0.15) is 0 Å². The van der Waals surface area contributed by atoms with Crippen molar-refractivity contribution in [3.05, 3.63) is 77.9 Å². The molecule has 1 saturated heterocycles. The fourth-order valence-corrected chi connectivity index (χ4v) is 3.58. The molecular formula is C22H18F2N2O2. The number of hydrogen-bond acceptors (Lipinski definition) is 3. The summed E-state index contributed by atoms with van der Waals surface area (Å²) in [6, 6.07) is 16.2. The fourth-order valence-electron chi connectivity index (χ4n) is 3.58. The second-order valence-corrected chi connectivity index (χ2v) is 6.98. The number of likely N-dealkylation sites (N-methyl/N-ethyl adjacent to an activating group) is 1. The van der Waals surface area contributed by atoms with Crippen LogP contribution in [-0.4, -0.2) is 29.8 Å². The molecule has 1 aliphatic heterocycles. The van der Waals surface area contributed by atoms with E-state index in [9.17, 15) is 18.4 Å². The Morgan fingerprint density at radius 2 is 1.71 bits per heavy atom. The Bertz CT molecular complexity index is 1080. The Kier molecular flexibility index (Phi) is 4.65. The van der Waals surface area contributed by atoms with Crippen LogP contribution in [0.1, 0.15) is 12.0 Å². The summed E-state index contributed by atoms with van der Waals surface area (Å²) in [5.74, 6) is -2.44. The van der Waals surface area contributed by atoms with Gasteiger partial charge in [-0.25, -0.2) is 13.7 Å². The summed E-state index contributed by atoms with van der Waals surface area (Å²) in [6.45, 7) is 0.229. The number of halogens is 2. The number of rotatable bonds is 4. The number of carbonyl (C=O) groups excluding carboxylic acids is 2. The highest BCUT2D eigenvalue weighted by molar-refractivity contribution is 6.22. The lowest BCUT2D eigenvalue weighted by Crippen LogP contribution is -2.39. The van der Waals surface area contributed by atoms with Gasteiger partial charge in [0, 0.05) is 6.54 Å². The quantitative estimate of drug-likeness (QED) is 0.645. The van der Waals surface area contributed by atoms with E-state index in [4.69, 9.17) is 0 Å². The van der Waals surface area contributed by atoms with Gasteiger partial charge in [0.05, 0.1) is 18.2 Å². The normalized spacial score (nSPS) is 17.1. The van der Waals surface area contributed by atoms with E-state index in [1.807, 2.05) is 36.4 Å². The highest BCUT2D eigenvalue weighted by Crippen LogP contribution is 2.28. The summed E-state index contributed by atoms with van der Waals surface area (Å²) >= 11 is 0. The van der Waals surface area contributed by atoms with Crippen LogP contribution >= 0.6 is 0 Å². The predicted molar refractivity (Wildman–Crippen MR) is 103 cm³/mol. The first-order valence-electron chi connectivity index (χ1n) is 8.94. The molecule has 0 aliphatic carbocycles. The molecule has 0 aromatic heterocycles. The number of carbonyl (C=O) groups is 2. The lowest BCUT2D eigenvalue weighted by atomic mass is 10.1. The van der Waals surface area contributed by atoms with Gasteiger partial charge in [0.2, 0.25) is 5.91 Å². The first kappa shape index (κ1) is 18.3. The van der Waals surface area contributed by atoms with E-state index in [0.29, 0.717) is 11.3 Å². The van der Waals surface area contributed by atoms with Crippen LogP contribution in [0.5, 0.6) is 0 Å². The summed E-state index contributed by atoms with van der Waals surface area (Å²) < 4.78 is 26.5. The number of nitrogens with zero attached hydrogens (tertiary/aromatic N) is 2. The average Bonchev–Trinajstić information content (AvgIpc) is 2.98. The van der Waals surface area contributed by atoms with Gasteiger partial charge < -0.3 is 0 Å². The molecule has 0 saturated carbocycles. The molecule has 6 heteroatoms. The lowest BCUT2D eigenvalue weighted by Gasteiger charge is -2.23. The zero-order valence-electron chi connectivity index (χ0n) is 15.2. The molecule has 1 aliphatic rings.